The number of hydrogen-bond acceptors (Lipinski definition) is 11. The zero-order chi connectivity index (χ0) is 39.7. The van der Waals surface area contributed by atoms with Gasteiger partial charge in [0.1, 0.15) is 5.75 Å². The molecule has 4 aromatic carbocycles. The molecule has 286 valence electrons. The van der Waals surface area contributed by atoms with Gasteiger partial charge in [0.25, 0.3) is 0 Å². The molecule has 0 radical (unpaired) electrons. The topological polar surface area (TPSA) is 220 Å². The van der Waals surface area contributed by atoms with Crippen LogP contribution in [0.4, 0.5) is 35.9 Å². The fourth-order valence-electron chi connectivity index (χ4n) is 4.75. The van der Waals surface area contributed by atoms with E-state index in [0.29, 0.717) is 47.1 Å². The van der Waals surface area contributed by atoms with Crippen molar-refractivity contribution >= 4 is 52.7 Å². The predicted molar refractivity (Wildman–Crippen MR) is 198 cm³/mol. The smallest absolute Gasteiger partial charge is 0.416 e. The van der Waals surface area contributed by atoms with Crippen LogP contribution >= 0.6 is 0 Å². The highest BCUT2D eigenvalue weighted by molar-refractivity contribution is 5.92. The second-order valence-electron chi connectivity index (χ2n) is 11.9. The Balaban J connectivity index is 0.000000609. The predicted octanol–water partition coefficient (Wildman–Crippen LogP) is 7.39. The molecule has 0 spiro atoms. The number of benzene rings is 4. The number of halogens is 3. The first-order valence-corrected chi connectivity index (χ1v) is 16.7. The maximum absolute atomic E-state index is 12.7. The number of nitrogen functional groups attached to an aromatic ring is 4. The van der Waals surface area contributed by atoms with Crippen molar-refractivity contribution in [3.05, 3.63) is 119 Å². The van der Waals surface area contributed by atoms with Crippen molar-refractivity contribution in [1.29, 1.82) is 0 Å². The van der Waals surface area contributed by atoms with Crippen LogP contribution in [0.3, 0.4) is 0 Å². The monoisotopic (exact) mass is 750 g/mol. The number of anilines is 4. The third kappa shape index (κ3) is 15.0. The van der Waals surface area contributed by atoms with E-state index in [1.54, 1.807) is 24.3 Å². The van der Waals surface area contributed by atoms with E-state index in [-0.39, 0.29) is 16.9 Å². The second-order valence-corrected chi connectivity index (χ2v) is 11.9. The number of carbonyl (C=O) groups excluding carboxylic acids is 3. The van der Waals surface area contributed by atoms with Crippen molar-refractivity contribution < 1.29 is 51.7 Å². The molecule has 0 aliphatic rings. The molecule has 12 nitrogen and oxygen atoms in total. The fraction of sp³-hybridized carbons (Fsp3) is 0.231. The van der Waals surface area contributed by atoms with Crippen LogP contribution in [-0.2, 0) is 20.4 Å². The molecule has 9 N–H and O–H groups in total. The zero-order valence-corrected chi connectivity index (χ0v) is 29.1. The molecule has 0 aliphatic carbocycles. The largest absolute Gasteiger partial charge is 0.478 e. The Bertz CT molecular complexity index is 1870. The molecule has 4 aromatic rings. The first-order valence-electron chi connectivity index (χ1n) is 16.7. The Kier molecular flexibility index (Phi) is 15.9. The van der Waals surface area contributed by atoms with Crippen LogP contribution in [0.15, 0.2) is 91.0 Å². The molecular formula is C39H41F3N4O8. The van der Waals surface area contributed by atoms with Gasteiger partial charge >= 0.3 is 30.1 Å². The van der Waals surface area contributed by atoms with E-state index in [1.807, 2.05) is 0 Å². The Hall–Kier alpha value is -6.51. The number of rotatable bonds is 15. The van der Waals surface area contributed by atoms with E-state index in [4.69, 9.17) is 42.3 Å². The molecule has 0 heterocycles. The number of unbranched alkanes of at least 4 members (excludes halogenated alkanes) is 5. The quantitative estimate of drug-likeness (QED) is 0.0264. The normalized spacial score (nSPS) is 10.9. The van der Waals surface area contributed by atoms with E-state index in [1.165, 1.54) is 48.5 Å². The van der Waals surface area contributed by atoms with Gasteiger partial charge in [-0.15, -0.1) is 0 Å². The van der Waals surface area contributed by atoms with Crippen molar-refractivity contribution in [3.8, 4) is 5.75 Å². The van der Waals surface area contributed by atoms with E-state index in [9.17, 15) is 32.3 Å². The highest BCUT2D eigenvalue weighted by atomic mass is 19.4. The van der Waals surface area contributed by atoms with E-state index >= 15 is 0 Å². The summed E-state index contributed by atoms with van der Waals surface area (Å²) >= 11 is 0. The van der Waals surface area contributed by atoms with Gasteiger partial charge in [0, 0.05) is 28.8 Å². The number of carboxylic acids is 1. The number of nitrogens with two attached hydrogens (primary N) is 4. The van der Waals surface area contributed by atoms with Crippen LogP contribution in [-0.4, -0.2) is 42.2 Å². The van der Waals surface area contributed by atoms with Crippen LogP contribution in [0.5, 0.6) is 5.75 Å². The Labute approximate surface area is 309 Å². The lowest BCUT2D eigenvalue weighted by molar-refractivity contribution is -0.138. The molecule has 4 rings (SSSR count). The summed E-state index contributed by atoms with van der Waals surface area (Å²) in [4.78, 5) is 46.6. The second kappa shape index (κ2) is 20.5. The Morgan fingerprint density at radius 1 is 0.593 bits per heavy atom. The van der Waals surface area contributed by atoms with Gasteiger partial charge in [0.2, 0.25) is 0 Å². The van der Waals surface area contributed by atoms with Gasteiger partial charge in [-0.2, -0.15) is 13.2 Å². The lowest BCUT2D eigenvalue weighted by atomic mass is 10.1. The number of ether oxygens (including phenoxy) is 3. The maximum atomic E-state index is 12.7. The zero-order valence-electron chi connectivity index (χ0n) is 29.1. The van der Waals surface area contributed by atoms with Gasteiger partial charge in [-0.05, 0) is 97.3 Å². The molecule has 0 unspecified atom stereocenters. The number of esters is 3. The molecule has 0 amide bonds. The van der Waals surface area contributed by atoms with Gasteiger partial charge in [-0.1, -0.05) is 37.8 Å². The van der Waals surface area contributed by atoms with Crippen LogP contribution in [0.25, 0.3) is 6.08 Å². The average Bonchev–Trinajstić information content (AvgIpc) is 3.11. The summed E-state index contributed by atoms with van der Waals surface area (Å²) in [6, 6.07) is 18.8. The van der Waals surface area contributed by atoms with Crippen LogP contribution in [0.2, 0.25) is 0 Å². The molecule has 15 heteroatoms. The average molecular weight is 751 g/mol. The van der Waals surface area contributed by atoms with Gasteiger partial charge in [0.05, 0.1) is 35.5 Å². The van der Waals surface area contributed by atoms with Crippen LogP contribution in [0.1, 0.15) is 80.7 Å². The van der Waals surface area contributed by atoms with Crippen LogP contribution in [0, 0.1) is 0 Å². The highest BCUT2D eigenvalue weighted by Crippen LogP contribution is 2.29. The molecule has 0 saturated carbocycles. The molecule has 0 bridgehead atoms. The SMILES string of the molecule is Nc1cc(N)cc(C(=O)O)c1.Nc1cc(N)cc(C(=O)OCCCCCCCCOC(=O)C=Cc2ccc(OC(=O)c3ccc(C(F)(F)F)cc3)cc2)c1. The molecule has 0 aliphatic heterocycles. The standard InChI is InChI=1S/C32H33F3N2O6.C7H8N2O2/c33-32(34,35)25-12-10-23(11-13-25)31(40)43-28-14-7-22(8-15-28)9-16-29(38)41-17-5-3-1-2-4-6-18-42-30(39)24-19-26(36)21-27(37)20-24;8-5-1-4(7(10)11)2-6(9)3-5/h7-16,19-21H,1-6,17-18,36-37H2;1-3H,8-9H2,(H,10,11). The van der Waals surface area contributed by atoms with E-state index < -0.39 is 35.6 Å². The minimum Gasteiger partial charge on any atom is -0.478 e. The third-order valence-electron chi connectivity index (χ3n) is 7.40. The molecule has 0 saturated heterocycles. The third-order valence-corrected chi connectivity index (χ3v) is 7.40. The summed E-state index contributed by atoms with van der Waals surface area (Å²) in [6.45, 7) is 0.608. The minimum atomic E-state index is -4.49. The Morgan fingerprint density at radius 2 is 1.07 bits per heavy atom. The van der Waals surface area contributed by atoms with Gasteiger partial charge < -0.3 is 42.3 Å². The van der Waals surface area contributed by atoms with E-state index in [2.05, 4.69) is 0 Å². The number of carboxylic acid groups (broad SMARTS) is 1. The van der Waals surface area contributed by atoms with Gasteiger partial charge in [-0.3, -0.25) is 0 Å². The molecule has 0 atom stereocenters. The van der Waals surface area contributed by atoms with Gasteiger partial charge in [-0.25, -0.2) is 19.2 Å². The van der Waals surface area contributed by atoms with Crippen molar-refractivity contribution in [2.75, 3.05) is 36.1 Å². The molecule has 0 fully saturated rings. The summed E-state index contributed by atoms with van der Waals surface area (Å²) in [5.74, 6) is -2.55. The first kappa shape index (κ1) is 41.9. The molecule has 54 heavy (non-hydrogen) atoms. The number of hydrogen-bond donors (Lipinski definition) is 5. The minimum absolute atomic E-state index is 0.0141. The summed E-state index contributed by atoms with van der Waals surface area (Å²) in [5, 5.41) is 8.52. The summed E-state index contributed by atoms with van der Waals surface area (Å²) in [6.07, 6.45) is 3.55. The Morgan fingerprint density at radius 3 is 1.57 bits per heavy atom. The van der Waals surface area contributed by atoms with Crippen LogP contribution < -0.4 is 27.7 Å². The summed E-state index contributed by atoms with van der Waals surface area (Å²) < 4.78 is 53.7. The summed E-state index contributed by atoms with van der Waals surface area (Å²) in [7, 11) is 0. The molecular weight excluding hydrogens is 709 g/mol. The lowest BCUT2D eigenvalue weighted by Crippen LogP contribution is -2.10. The number of alkyl halides is 3. The van der Waals surface area contributed by atoms with Crippen molar-refractivity contribution in [2.24, 2.45) is 0 Å². The molecule has 0 aromatic heterocycles. The summed E-state index contributed by atoms with van der Waals surface area (Å²) in [5.41, 5.74) is 23.9. The number of aromatic carboxylic acids is 1. The van der Waals surface area contributed by atoms with Gasteiger partial charge in [0.15, 0.2) is 0 Å². The number of carbonyl (C=O) groups is 4. The van der Waals surface area contributed by atoms with Crippen molar-refractivity contribution in [3.63, 3.8) is 0 Å². The maximum Gasteiger partial charge on any atom is 0.416 e. The fourth-order valence-corrected chi connectivity index (χ4v) is 4.75. The van der Waals surface area contributed by atoms with E-state index in [0.717, 1.165) is 62.8 Å². The highest BCUT2D eigenvalue weighted by Gasteiger charge is 2.30. The van der Waals surface area contributed by atoms with Crippen molar-refractivity contribution in [2.45, 2.75) is 44.7 Å². The lowest BCUT2D eigenvalue weighted by Gasteiger charge is -2.08. The van der Waals surface area contributed by atoms with Crippen molar-refractivity contribution in [1.82, 2.24) is 0 Å². The first-order chi connectivity index (χ1) is 25.6.